The van der Waals surface area contributed by atoms with Gasteiger partial charge < -0.3 is 9.47 Å². The van der Waals surface area contributed by atoms with Crippen molar-refractivity contribution in [3.05, 3.63) is 63.7 Å². The third-order valence-corrected chi connectivity index (χ3v) is 3.93. The van der Waals surface area contributed by atoms with Gasteiger partial charge >= 0.3 is 18.3 Å². The zero-order valence-corrected chi connectivity index (χ0v) is 14.7. The van der Waals surface area contributed by atoms with E-state index in [4.69, 9.17) is 4.74 Å². The van der Waals surface area contributed by atoms with Gasteiger partial charge in [-0.1, -0.05) is 6.07 Å². The van der Waals surface area contributed by atoms with Crippen LogP contribution in [0.2, 0.25) is 0 Å². The maximum absolute atomic E-state index is 12.4. The third-order valence-electron chi connectivity index (χ3n) is 3.93. The highest BCUT2D eigenvalue weighted by Crippen LogP contribution is 2.26. The lowest BCUT2D eigenvalue weighted by molar-refractivity contribution is -0.0507. The number of alkyl halides is 2. The molecule has 0 N–H and O–H groups in total. The molecule has 0 radical (unpaired) electrons. The molecule has 2 aromatic heterocycles. The topological polar surface area (TPSA) is 74.8 Å². The molecule has 142 valence electrons. The van der Waals surface area contributed by atoms with Crippen molar-refractivity contribution in [3.63, 3.8) is 0 Å². The second-order valence-corrected chi connectivity index (χ2v) is 5.89. The number of benzene rings is 1. The van der Waals surface area contributed by atoms with E-state index in [1.807, 2.05) is 0 Å². The molecule has 0 saturated heterocycles. The molecule has 3 rings (SSSR count). The maximum atomic E-state index is 12.4. The SMILES string of the molecule is Cc1cc(C(=O)OCCn2nc3ccccn3c2=O)cc(C)c1OC(F)F. The molecule has 0 aliphatic rings. The minimum absolute atomic E-state index is 0.0396. The van der Waals surface area contributed by atoms with Gasteiger partial charge in [-0.05, 0) is 49.2 Å². The van der Waals surface area contributed by atoms with Crippen molar-refractivity contribution >= 4 is 11.6 Å². The highest BCUT2D eigenvalue weighted by molar-refractivity contribution is 5.90. The number of aromatic nitrogens is 3. The van der Waals surface area contributed by atoms with Crippen molar-refractivity contribution in [1.29, 1.82) is 0 Å². The van der Waals surface area contributed by atoms with Gasteiger partial charge in [0, 0.05) is 6.20 Å². The molecule has 0 amide bonds. The van der Waals surface area contributed by atoms with E-state index in [1.54, 1.807) is 38.2 Å². The van der Waals surface area contributed by atoms with Crippen LogP contribution in [-0.4, -0.2) is 33.4 Å². The fourth-order valence-electron chi connectivity index (χ4n) is 2.77. The number of carbonyl (C=O) groups excluding carboxylic acids is 1. The number of rotatable bonds is 6. The summed E-state index contributed by atoms with van der Waals surface area (Å²) in [7, 11) is 0. The molecule has 2 heterocycles. The van der Waals surface area contributed by atoms with Crippen LogP contribution in [0.15, 0.2) is 41.3 Å². The fraction of sp³-hybridized carbons (Fsp3) is 0.278. The Bertz CT molecular complexity index is 1020. The van der Waals surface area contributed by atoms with Gasteiger partial charge in [0.1, 0.15) is 12.4 Å². The van der Waals surface area contributed by atoms with Gasteiger partial charge in [-0.25, -0.2) is 14.3 Å². The predicted molar refractivity (Wildman–Crippen MR) is 92.3 cm³/mol. The summed E-state index contributed by atoms with van der Waals surface area (Å²) in [6.45, 7) is 0.228. The third kappa shape index (κ3) is 3.97. The molecule has 27 heavy (non-hydrogen) atoms. The highest BCUT2D eigenvalue weighted by atomic mass is 19.3. The predicted octanol–water partition coefficient (Wildman–Crippen LogP) is 2.57. The first-order valence-electron chi connectivity index (χ1n) is 8.14. The molecule has 0 fully saturated rings. The quantitative estimate of drug-likeness (QED) is 0.617. The summed E-state index contributed by atoms with van der Waals surface area (Å²) < 4.78 is 37.1. The monoisotopic (exact) mass is 377 g/mol. The number of pyridine rings is 1. The average Bonchev–Trinajstić information content (AvgIpc) is 2.94. The molecule has 0 unspecified atom stereocenters. The molecule has 1 aromatic carbocycles. The summed E-state index contributed by atoms with van der Waals surface area (Å²) in [4.78, 5) is 24.3. The molecule has 9 heteroatoms. The first kappa shape index (κ1) is 18.6. The number of aryl methyl sites for hydroxylation is 2. The van der Waals surface area contributed by atoms with Crippen LogP contribution >= 0.6 is 0 Å². The van der Waals surface area contributed by atoms with Gasteiger partial charge in [0.25, 0.3) is 0 Å². The normalized spacial score (nSPS) is 11.1. The van der Waals surface area contributed by atoms with E-state index < -0.39 is 12.6 Å². The summed E-state index contributed by atoms with van der Waals surface area (Å²) in [5, 5.41) is 4.14. The smallest absolute Gasteiger partial charge is 0.387 e. The van der Waals surface area contributed by atoms with Gasteiger partial charge in [-0.3, -0.25) is 4.40 Å². The Kier molecular flexibility index (Phi) is 5.20. The van der Waals surface area contributed by atoms with E-state index in [2.05, 4.69) is 9.84 Å². The minimum atomic E-state index is -2.94. The van der Waals surface area contributed by atoms with Crippen LogP contribution in [0.25, 0.3) is 5.65 Å². The van der Waals surface area contributed by atoms with Crippen LogP contribution in [0, 0.1) is 13.8 Å². The average molecular weight is 377 g/mol. The Morgan fingerprint density at radius 3 is 2.56 bits per heavy atom. The van der Waals surface area contributed by atoms with Crippen LogP contribution in [0.4, 0.5) is 8.78 Å². The van der Waals surface area contributed by atoms with Crippen LogP contribution in [-0.2, 0) is 11.3 Å². The Morgan fingerprint density at radius 1 is 1.22 bits per heavy atom. The van der Waals surface area contributed by atoms with Crippen molar-refractivity contribution < 1.29 is 23.0 Å². The van der Waals surface area contributed by atoms with E-state index in [-0.39, 0.29) is 30.2 Å². The number of fused-ring (bicyclic) bond motifs is 1. The Morgan fingerprint density at radius 2 is 1.93 bits per heavy atom. The molecule has 7 nitrogen and oxygen atoms in total. The van der Waals surface area contributed by atoms with Crippen molar-refractivity contribution in [2.45, 2.75) is 27.0 Å². The minimum Gasteiger partial charge on any atom is -0.460 e. The van der Waals surface area contributed by atoms with Crippen molar-refractivity contribution in [2.24, 2.45) is 0 Å². The van der Waals surface area contributed by atoms with Crippen molar-refractivity contribution in [3.8, 4) is 5.75 Å². The molecular formula is C18H17F2N3O4. The number of esters is 1. The second kappa shape index (κ2) is 7.56. The van der Waals surface area contributed by atoms with Crippen LogP contribution < -0.4 is 10.4 Å². The fourth-order valence-corrected chi connectivity index (χ4v) is 2.77. The molecule has 0 atom stereocenters. The zero-order valence-electron chi connectivity index (χ0n) is 14.7. The lowest BCUT2D eigenvalue weighted by Crippen LogP contribution is -2.24. The largest absolute Gasteiger partial charge is 0.460 e. The van der Waals surface area contributed by atoms with Gasteiger partial charge in [-0.15, -0.1) is 5.10 Å². The van der Waals surface area contributed by atoms with Crippen LogP contribution in [0.5, 0.6) is 5.75 Å². The first-order chi connectivity index (χ1) is 12.9. The number of ether oxygens (including phenoxy) is 2. The maximum Gasteiger partial charge on any atom is 0.387 e. The molecule has 3 aromatic rings. The first-order valence-corrected chi connectivity index (χ1v) is 8.14. The molecular weight excluding hydrogens is 360 g/mol. The van der Waals surface area contributed by atoms with Gasteiger partial charge in [0.2, 0.25) is 0 Å². The number of nitrogens with zero attached hydrogens (tertiary/aromatic N) is 3. The van der Waals surface area contributed by atoms with Crippen LogP contribution in [0.3, 0.4) is 0 Å². The second-order valence-electron chi connectivity index (χ2n) is 5.89. The summed E-state index contributed by atoms with van der Waals surface area (Å²) in [5.74, 6) is -0.584. The van der Waals surface area contributed by atoms with Crippen molar-refractivity contribution in [1.82, 2.24) is 14.2 Å². The summed E-state index contributed by atoms with van der Waals surface area (Å²) in [5.41, 5.74) is 1.18. The van der Waals surface area contributed by atoms with E-state index in [0.717, 1.165) is 0 Å². The lowest BCUT2D eigenvalue weighted by atomic mass is 10.1. The highest BCUT2D eigenvalue weighted by Gasteiger charge is 2.16. The standard InChI is InChI=1S/C18H17F2N3O4/c1-11-9-13(10-12(2)15(11)27-17(19)20)16(24)26-8-7-23-18(25)22-6-4-3-5-14(22)21-23/h3-6,9-10,17H,7-8H2,1-2H3. The molecule has 0 spiro atoms. The van der Waals surface area contributed by atoms with Crippen molar-refractivity contribution in [2.75, 3.05) is 6.61 Å². The Balaban J connectivity index is 1.67. The van der Waals surface area contributed by atoms with E-state index in [9.17, 15) is 18.4 Å². The number of hydrogen-bond acceptors (Lipinski definition) is 5. The molecule has 0 saturated carbocycles. The Labute approximate surface area is 152 Å². The van der Waals surface area contributed by atoms with Gasteiger partial charge in [0.05, 0.1) is 12.1 Å². The van der Waals surface area contributed by atoms with E-state index in [0.29, 0.717) is 16.8 Å². The molecule has 0 bridgehead atoms. The number of hydrogen-bond donors (Lipinski definition) is 0. The molecule has 0 aliphatic carbocycles. The van der Waals surface area contributed by atoms with Gasteiger partial charge in [-0.2, -0.15) is 8.78 Å². The van der Waals surface area contributed by atoms with E-state index in [1.165, 1.54) is 21.2 Å². The summed E-state index contributed by atoms with van der Waals surface area (Å²) in [6.07, 6.45) is 1.60. The summed E-state index contributed by atoms with van der Waals surface area (Å²) >= 11 is 0. The van der Waals surface area contributed by atoms with Gasteiger partial charge in [0.15, 0.2) is 5.65 Å². The van der Waals surface area contributed by atoms with Crippen LogP contribution in [0.1, 0.15) is 21.5 Å². The molecule has 0 aliphatic heterocycles. The lowest BCUT2D eigenvalue weighted by Gasteiger charge is -2.13. The Hall–Kier alpha value is -3.23. The summed E-state index contributed by atoms with van der Waals surface area (Å²) in [6, 6.07) is 8.01. The number of halogens is 2. The van der Waals surface area contributed by atoms with E-state index >= 15 is 0 Å². The number of carbonyl (C=O) groups is 1. The zero-order chi connectivity index (χ0) is 19.6.